The lowest BCUT2D eigenvalue weighted by Crippen LogP contribution is -2.49. The van der Waals surface area contributed by atoms with Crippen LogP contribution in [-0.4, -0.2) is 80.5 Å². The van der Waals surface area contributed by atoms with E-state index in [-0.39, 0.29) is 12.5 Å². The number of hydrogen-bond donors (Lipinski definition) is 2. The lowest BCUT2D eigenvalue weighted by atomic mass is 10.2. The Morgan fingerprint density at radius 1 is 1.06 bits per heavy atom. The van der Waals surface area contributed by atoms with Gasteiger partial charge in [0.2, 0.25) is 5.91 Å². The maximum absolute atomic E-state index is 12.3. The summed E-state index contributed by atoms with van der Waals surface area (Å²) < 4.78 is 5.69. The van der Waals surface area contributed by atoms with Crippen LogP contribution in [-0.2, 0) is 4.79 Å². The van der Waals surface area contributed by atoms with E-state index in [1.807, 2.05) is 49.1 Å². The number of carbonyl (C=O) groups excluding carboxylic acids is 1. The van der Waals surface area contributed by atoms with Crippen molar-refractivity contribution in [1.29, 1.82) is 0 Å². The summed E-state index contributed by atoms with van der Waals surface area (Å²) in [6.45, 7) is 11.9. The SMILES string of the molecule is CC(=O)N(CCN1CCN(c2ccccc2)CC1)c1ccc(OC[C@@H](O)CNC(C)C)cc1. The Morgan fingerprint density at radius 2 is 1.73 bits per heavy atom. The summed E-state index contributed by atoms with van der Waals surface area (Å²) in [5.41, 5.74) is 2.13. The summed E-state index contributed by atoms with van der Waals surface area (Å²) >= 11 is 0. The van der Waals surface area contributed by atoms with Crippen LogP contribution in [0.25, 0.3) is 0 Å². The fourth-order valence-corrected chi connectivity index (χ4v) is 3.92. The Kier molecular flexibility index (Phi) is 9.54. The highest BCUT2D eigenvalue weighted by molar-refractivity contribution is 5.91. The molecule has 1 heterocycles. The number of nitrogens with zero attached hydrogens (tertiary/aromatic N) is 3. The zero-order valence-electron chi connectivity index (χ0n) is 20.1. The Bertz CT molecular complexity index is 836. The first-order valence-corrected chi connectivity index (χ1v) is 11.9. The molecule has 0 spiro atoms. The van der Waals surface area contributed by atoms with E-state index in [1.165, 1.54) is 5.69 Å². The number of para-hydroxylation sites is 1. The average Bonchev–Trinajstić information content (AvgIpc) is 2.83. The molecule has 1 fully saturated rings. The second-order valence-corrected chi connectivity index (χ2v) is 8.86. The van der Waals surface area contributed by atoms with E-state index >= 15 is 0 Å². The standard InChI is InChI=1S/C26H38N4O3/c1-21(2)27-19-25(32)20-33-26-11-9-24(10-12-26)30(22(3)31)18-15-28-13-16-29(17-14-28)23-7-5-4-6-8-23/h4-12,21,25,27,32H,13-20H2,1-3H3/t25-/m0/s1. The van der Waals surface area contributed by atoms with E-state index in [0.29, 0.717) is 24.9 Å². The van der Waals surface area contributed by atoms with Crippen LogP contribution in [0.1, 0.15) is 20.8 Å². The zero-order valence-corrected chi connectivity index (χ0v) is 20.1. The molecular formula is C26H38N4O3. The second kappa shape index (κ2) is 12.6. The molecule has 1 saturated heterocycles. The molecule has 0 saturated carbocycles. The first-order chi connectivity index (χ1) is 15.9. The van der Waals surface area contributed by atoms with Gasteiger partial charge in [0.1, 0.15) is 18.5 Å². The van der Waals surface area contributed by atoms with E-state index < -0.39 is 6.10 Å². The van der Waals surface area contributed by atoms with Crippen molar-refractivity contribution in [2.45, 2.75) is 32.9 Å². The van der Waals surface area contributed by atoms with E-state index in [9.17, 15) is 9.90 Å². The molecule has 2 aromatic rings. The number of aliphatic hydroxyl groups excluding tert-OH is 1. The van der Waals surface area contributed by atoms with Gasteiger partial charge >= 0.3 is 0 Å². The molecule has 2 N–H and O–H groups in total. The highest BCUT2D eigenvalue weighted by atomic mass is 16.5. The van der Waals surface area contributed by atoms with Crippen LogP contribution in [0.4, 0.5) is 11.4 Å². The summed E-state index contributed by atoms with van der Waals surface area (Å²) in [7, 11) is 0. The molecule has 1 aliphatic heterocycles. The number of anilines is 2. The van der Waals surface area contributed by atoms with Crippen molar-refractivity contribution in [3.05, 3.63) is 54.6 Å². The Balaban J connectivity index is 1.46. The molecule has 180 valence electrons. The lowest BCUT2D eigenvalue weighted by molar-refractivity contribution is -0.116. The summed E-state index contributed by atoms with van der Waals surface area (Å²) in [5, 5.41) is 13.2. The predicted molar refractivity (Wildman–Crippen MR) is 134 cm³/mol. The minimum atomic E-state index is -0.567. The number of piperazine rings is 1. The van der Waals surface area contributed by atoms with Crippen LogP contribution in [0.15, 0.2) is 54.6 Å². The fraction of sp³-hybridized carbons (Fsp3) is 0.500. The minimum absolute atomic E-state index is 0.0294. The van der Waals surface area contributed by atoms with Crippen molar-refractivity contribution < 1.29 is 14.6 Å². The molecule has 2 aromatic carbocycles. The van der Waals surface area contributed by atoms with Crippen molar-refractivity contribution in [3.63, 3.8) is 0 Å². The molecule has 3 rings (SSSR count). The van der Waals surface area contributed by atoms with Crippen molar-refractivity contribution in [2.75, 3.05) is 62.2 Å². The number of nitrogens with one attached hydrogen (secondary N) is 1. The Labute approximate surface area is 197 Å². The third-order valence-corrected chi connectivity index (χ3v) is 5.87. The summed E-state index contributed by atoms with van der Waals surface area (Å²) in [6.07, 6.45) is -0.567. The number of aliphatic hydroxyl groups is 1. The first kappa shape index (κ1) is 25.0. The summed E-state index contributed by atoms with van der Waals surface area (Å²) in [6, 6.07) is 18.4. The van der Waals surface area contributed by atoms with Crippen LogP contribution in [0.3, 0.4) is 0 Å². The minimum Gasteiger partial charge on any atom is -0.491 e. The van der Waals surface area contributed by atoms with Crippen molar-refractivity contribution in [1.82, 2.24) is 10.2 Å². The van der Waals surface area contributed by atoms with Gasteiger partial charge in [-0.25, -0.2) is 0 Å². The third-order valence-electron chi connectivity index (χ3n) is 5.87. The second-order valence-electron chi connectivity index (χ2n) is 8.86. The quantitative estimate of drug-likeness (QED) is 0.544. The first-order valence-electron chi connectivity index (χ1n) is 11.9. The molecule has 0 unspecified atom stereocenters. The van der Waals surface area contributed by atoms with E-state index in [2.05, 4.69) is 39.4 Å². The molecule has 0 bridgehead atoms. The van der Waals surface area contributed by atoms with Gasteiger partial charge in [0.05, 0.1) is 0 Å². The number of rotatable bonds is 11. The van der Waals surface area contributed by atoms with Gasteiger partial charge in [-0.15, -0.1) is 0 Å². The molecule has 7 nitrogen and oxygen atoms in total. The molecule has 0 aromatic heterocycles. The molecular weight excluding hydrogens is 416 g/mol. The average molecular weight is 455 g/mol. The maximum atomic E-state index is 12.3. The van der Waals surface area contributed by atoms with Gasteiger partial charge in [-0.2, -0.15) is 0 Å². The lowest BCUT2D eigenvalue weighted by Gasteiger charge is -2.37. The smallest absolute Gasteiger partial charge is 0.223 e. The van der Waals surface area contributed by atoms with Crippen molar-refractivity contribution in [2.24, 2.45) is 0 Å². The fourth-order valence-electron chi connectivity index (χ4n) is 3.92. The molecule has 1 atom stereocenters. The highest BCUT2D eigenvalue weighted by Gasteiger charge is 2.19. The van der Waals surface area contributed by atoms with Crippen LogP contribution in [0.5, 0.6) is 5.75 Å². The van der Waals surface area contributed by atoms with E-state index in [0.717, 1.165) is 38.4 Å². The molecule has 1 aliphatic rings. The number of hydrogen-bond acceptors (Lipinski definition) is 6. The topological polar surface area (TPSA) is 68.3 Å². The number of amides is 1. The van der Waals surface area contributed by atoms with Crippen LogP contribution in [0.2, 0.25) is 0 Å². The molecule has 0 radical (unpaired) electrons. The Morgan fingerprint density at radius 3 is 2.33 bits per heavy atom. The zero-order chi connectivity index (χ0) is 23.6. The van der Waals surface area contributed by atoms with Crippen molar-refractivity contribution in [3.8, 4) is 5.75 Å². The van der Waals surface area contributed by atoms with Gasteiger partial charge in [0.25, 0.3) is 0 Å². The predicted octanol–water partition coefficient (Wildman–Crippen LogP) is 2.60. The molecule has 7 heteroatoms. The summed E-state index contributed by atoms with van der Waals surface area (Å²) in [4.78, 5) is 18.9. The van der Waals surface area contributed by atoms with Gasteiger partial charge in [0, 0.05) is 70.2 Å². The Hall–Kier alpha value is -2.61. The van der Waals surface area contributed by atoms with Crippen LogP contribution < -0.4 is 19.9 Å². The molecule has 0 aliphatic carbocycles. The maximum Gasteiger partial charge on any atom is 0.223 e. The van der Waals surface area contributed by atoms with Gasteiger partial charge in [-0.3, -0.25) is 9.69 Å². The van der Waals surface area contributed by atoms with Gasteiger partial charge in [-0.05, 0) is 36.4 Å². The van der Waals surface area contributed by atoms with E-state index in [4.69, 9.17) is 4.74 Å². The van der Waals surface area contributed by atoms with Gasteiger partial charge in [0.15, 0.2) is 0 Å². The third kappa shape index (κ3) is 8.03. The normalized spacial score (nSPS) is 15.5. The van der Waals surface area contributed by atoms with E-state index in [1.54, 1.807) is 6.92 Å². The van der Waals surface area contributed by atoms with Crippen LogP contribution in [0, 0.1) is 0 Å². The molecule has 1 amide bonds. The van der Waals surface area contributed by atoms with Gasteiger partial charge in [-0.1, -0.05) is 32.0 Å². The number of ether oxygens (including phenoxy) is 1. The number of carbonyl (C=O) groups is 1. The van der Waals surface area contributed by atoms with Crippen molar-refractivity contribution >= 4 is 17.3 Å². The number of benzene rings is 2. The summed E-state index contributed by atoms with van der Waals surface area (Å²) in [5.74, 6) is 0.713. The molecule has 33 heavy (non-hydrogen) atoms. The van der Waals surface area contributed by atoms with Crippen LogP contribution >= 0.6 is 0 Å². The van der Waals surface area contributed by atoms with Gasteiger partial charge < -0.3 is 25.0 Å². The largest absolute Gasteiger partial charge is 0.491 e. The monoisotopic (exact) mass is 454 g/mol. The highest BCUT2D eigenvalue weighted by Crippen LogP contribution is 2.20.